The van der Waals surface area contributed by atoms with Gasteiger partial charge in [-0.3, -0.25) is 4.79 Å². The molecule has 0 unspecified atom stereocenters. The molecule has 0 radical (unpaired) electrons. The van der Waals surface area contributed by atoms with Crippen molar-refractivity contribution in [1.82, 2.24) is 14.1 Å². The van der Waals surface area contributed by atoms with E-state index in [1.807, 2.05) is 0 Å². The zero-order valence-corrected chi connectivity index (χ0v) is 15.3. The summed E-state index contributed by atoms with van der Waals surface area (Å²) in [7, 11) is 0. The van der Waals surface area contributed by atoms with Crippen LogP contribution in [0.4, 0.5) is 10.1 Å². The van der Waals surface area contributed by atoms with Crippen molar-refractivity contribution in [3.8, 4) is 5.82 Å². The summed E-state index contributed by atoms with van der Waals surface area (Å²) < 4.78 is 18.3. The normalized spacial score (nSPS) is 13.6. The number of rotatable bonds is 4. The average Bonchev–Trinajstić information content (AvgIpc) is 3.35. The highest BCUT2D eigenvalue weighted by atomic mass is 35.5. The molecule has 1 fully saturated rings. The molecule has 0 spiro atoms. The van der Waals surface area contributed by atoms with Gasteiger partial charge in [-0.2, -0.15) is 0 Å². The number of nitrogens with zero attached hydrogens (tertiary/aromatic N) is 3. The van der Waals surface area contributed by atoms with Crippen LogP contribution in [0, 0.1) is 5.82 Å². The van der Waals surface area contributed by atoms with Gasteiger partial charge in [-0.05, 0) is 25.3 Å². The standard InChI is InChI=1S/C18H17FN4O3.ClH/c1-2-11-13-15(24)12(18(25)26)8-23(10-3-4-10)16(13)21-17(14(11)19)22-6-5-9(20)7-22;/h5-8,10H,2-4,20H2,1H3,(H,25,26);1H. The Kier molecular flexibility index (Phi) is 4.69. The number of carboxylic acid groups (broad SMARTS) is 1. The number of aryl methyl sites for hydroxylation is 1. The Hall–Kier alpha value is -2.87. The number of aromatic carboxylic acids is 1. The van der Waals surface area contributed by atoms with E-state index in [-0.39, 0.29) is 47.2 Å². The van der Waals surface area contributed by atoms with Gasteiger partial charge in [-0.25, -0.2) is 14.2 Å². The third-order valence-corrected chi connectivity index (χ3v) is 4.67. The molecule has 142 valence electrons. The lowest BCUT2D eigenvalue weighted by Crippen LogP contribution is -2.22. The molecule has 0 saturated heterocycles. The third-order valence-electron chi connectivity index (χ3n) is 4.67. The third kappa shape index (κ3) is 2.95. The summed E-state index contributed by atoms with van der Waals surface area (Å²) in [4.78, 5) is 28.6. The molecule has 0 bridgehead atoms. The van der Waals surface area contributed by atoms with Crippen LogP contribution in [0.5, 0.6) is 0 Å². The van der Waals surface area contributed by atoms with Crippen LogP contribution in [0.25, 0.3) is 16.9 Å². The van der Waals surface area contributed by atoms with E-state index in [1.54, 1.807) is 30.0 Å². The molecule has 9 heteroatoms. The lowest BCUT2D eigenvalue weighted by molar-refractivity contribution is 0.0695. The van der Waals surface area contributed by atoms with Crippen molar-refractivity contribution in [1.29, 1.82) is 0 Å². The van der Waals surface area contributed by atoms with Crippen LogP contribution in [-0.4, -0.2) is 25.2 Å². The average molecular weight is 393 g/mol. The Labute approximate surface area is 159 Å². The number of halogens is 2. The van der Waals surface area contributed by atoms with Crippen LogP contribution < -0.4 is 11.2 Å². The second-order valence-electron chi connectivity index (χ2n) is 6.45. The maximum atomic E-state index is 15.1. The fourth-order valence-corrected chi connectivity index (χ4v) is 3.24. The maximum Gasteiger partial charge on any atom is 0.341 e. The van der Waals surface area contributed by atoms with Crippen molar-refractivity contribution in [2.45, 2.75) is 32.2 Å². The molecular weight excluding hydrogens is 375 g/mol. The number of pyridine rings is 2. The first-order chi connectivity index (χ1) is 12.4. The number of carboxylic acids is 1. The molecular formula is C18H18ClFN4O3. The Bertz CT molecular complexity index is 1120. The van der Waals surface area contributed by atoms with Crippen molar-refractivity contribution in [2.75, 3.05) is 5.73 Å². The molecule has 1 saturated carbocycles. The van der Waals surface area contributed by atoms with Gasteiger partial charge in [0.25, 0.3) is 0 Å². The minimum absolute atomic E-state index is 0. The number of hydrogen-bond donors (Lipinski definition) is 2. The second-order valence-corrected chi connectivity index (χ2v) is 6.45. The molecule has 3 N–H and O–H groups in total. The lowest BCUT2D eigenvalue weighted by Gasteiger charge is -2.16. The van der Waals surface area contributed by atoms with Gasteiger partial charge in [0.05, 0.1) is 5.39 Å². The molecule has 0 aromatic carbocycles. The van der Waals surface area contributed by atoms with E-state index in [2.05, 4.69) is 4.98 Å². The topological polar surface area (TPSA) is 103 Å². The number of anilines is 1. The van der Waals surface area contributed by atoms with Crippen molar-refractivity contribution >= 4 is 35.1 Å². The number of nitrogens with two attached hydrogens (primary N) is 1. The van der Waals surface area contributed by atoms with E-state index < -0.39 is 17.2 Å². The van der Waals surface area contributed by atoms with Crippen LogP contribution >= 0.6 is 12.4 Å². The smallest absolute Gasteiger partial charge is 0.341 e. The van der Waals surface area contributed by atoms with Crippen molar-refractivity contribution < 1.29 is 14.3 Å². The molecule has 0 amide bonds. The number of carbonyl (C=O) groups is 1. The highest BCUT2D eigenvalue weighted by Gasteiger charge is 2.30. The quantitative estimate of drug-likeness (QED) is 0.710. The first kappa shape index (κ1) is 18.9. The van der Waals surface area contributed by atoms with E-state index in [1.165, 1.54) is 10.8 Å². The van der Waals surface area contributed by atoms with Crippen LogP contribution in [0.1, 0.15) is 41.7 Å². The fourth-order valence-electron chi connectivity index (χ4n) is 3.24. The number of fused-ring (bicyclic) bond motifs is 1. The number of hydrogen-bond acceptors (Lipinski definition) is 4. The summed E-state index contributed by atoms with van der Waals surface area (Å²) in [6.45, 7) is 1.72. The zero-order chi connectivity index (χ0) is 18.6. The van der Waals surface area contributed by atoms with Gasteiger partial charge in [0.1, 0.15) is 11.2 Å². The van der Waals surface area contributed by atoms with Gasteiger partial charge in [-0.1, -0.05) is 6.92 Å². The van der Waals surface area contributed by atoms with E-state index >= 15 is 4.39 Å². The van der Waals surface area contributed by atoms with Crippen molar-refractivity contribution in [3.05, 3.63) is 51.8 Å². The first-order valence-corrected chi connectivity index (χ1v) is 8.36. The van der Waals surface area contributed by atoms with Crippen LogP contribution in [0.2, 0.25) is 0 Å². The molecule has 4 rings (SSSR count). The Morgan fingerprint density at radius 1 is 1.41 bits per heavy atom. The number of aromatic nitrogens is 3. The molecule has 3 heterocycles. The molecule has 3 aromatic heterocycles. The molecule has 7 nitrogen and oxygen atoms in total. The molecule has 3 aromatic rings. The molecule has 0 atom stereocenters. The molecule has 1 aliphatic carbocycles. The predicted molar refractivity (Wildman–Crippen MR) is 102 cm³/mol. The van der Waals surface area contributed by atoms with E-state index in [0.717, 1.165) is 12.8 Å². The predicted octanol–water partition coefficient (Wildman–Crippen LogP) is 2.93. The van der Waals surface area contributed by atoms with Crippen LogP contribution in [-0.2, 0) is 6.42 Å². The van der Waals surface area contributed by atoms with E-state index in [0.29, 0.717) is 11.3 Å². The largest absolute Gasteiger partial charge is 0.477 e. The first-order valence-electron chi connectivity index (χ1n) is 8.36. The molecule has 0 aliphatic heterocycles. The van der Waals surface area contributed by atoms with Gasteiger partial charge in [0.15, 0.2) is 11.6 Å². The SMILES string of the molecule is CCc1c(F)c(-n2ccc(N)c2)nc2c1c(=O)c(C(=O)O)cn2C1CC1.Cl. The van der Waals surface area contributed by atoms with Crippen LogP contribution in [0.3, 0.4) is 0 Å². The van der Waals surface area contributed by atoms with Crippen molar-refractivity contribution in [3.63, 3.8) is 0 Å². The lowest BCUT2D eigenvalue weighted by atomic mass is 10.1. The van der Waals surface area contributed by atoms with Gasteiger partial charge in [-0.15, -0.1) is 12.4 Å². The summed E-state index contributed by atoms with van der Waals surface area (Å²) >= 11 is 0. The summed E-state index contributed by atoms with van der Waals surface area (Å²) in [6, 6.07) is 1.69. The summed E-state index contributed by atoms with van der Waals surface area (Å²) in [6.07, 6.45) is 6.42. The van der Waals surface area contributed by atoms with Gasteiger partial charge >= 0.3 is 5.97 Å². The highest BCUT2D eigenvalue weighted by molar-refractivity contribution is 5.93. The maximum absolute atomic E-state index is 15.1. The van der Waals surface area contributed by atoms with Crippen LogP contribution in [0.15, 0.2) is 29.5 Å². The summed E-state index contributed by atoms with van der Waals surface area (Å²) in [5.74, 6) is -1.92. The zero-order valence-electron chi connectivity index (χ0n) is 14.5. The Morgan fingerprint density at radius 2 is 2.11 bits per heavy atom. The Balaban J connectivity index is 0.00000210. The summed E-state index contributed by atoms with van der Waals surface area (Å²) in [5.41, 5.74) is 5.60. The van der Waals surface area contributed by atoms with Gasteiger partial charge < -0.3 is 20.0 Å². The molecule has 1 aliphatic rings. The summed E-state index contributed by atoms with van der Waals surface area (Å²) in [5, 5.41) is 9.42. The fraction of sp³-hybridized carbons (Fsp3) is 0.278. The number of nitrogen functional groups attached to an aromatic ring is 1. The van der Waals surface area contributed by atoms with E-state index in [4.69, 9.17) is 5.73 Å². The monoisotopic (exact) mass is 392 g/mol. The van der Waals surface area contributed by atoms with Crippen molar-refractivity contribution in [2.24, 2.45) is 0 Å². The van der Waals surface area contributed by atoms with E-state index in [9.17, 15) is 14.7 Å². The highest BCUT2D eigenvalue weighted by Crippen LogP contribution is 2.37. The minimum atomic E-state index is -1.32. The van der Waals surface area contributed by atoms with Gasteiger partial charge in [0.2, 0.25) is 5.43 Å². The molecule has 27 heavy (non-hydrogen) atoms. The minimum Gasteiger partial charge on any atom is -0.477 e. The second kappa shape index (κ2) is 6.70. The Morgan fingerprint density at radius 3 is 2.63 bits per heavy atom. The van der Waals surface area contributed by atoms with Gasteiger partial charge in [0, 0.05) is 35.9 Å².